The van der Waals surface area contributed by atoms with Crippen molar-refractivity contribution < 1.29 is 40.7 Å². The molecule has 1 rings (SSSR count). The molecule has 9 heteroatoms. The molecule has 0 bridgehead atoms. The van der Waals surface area contributed by atoms with Crippen LogP contribution in [0.3, 0.4) is 0 Å². The van der Waals surface area contributed by atoms with E-state index in [1.54, 1.807) is 0 Å². The minimum Gasteiger partial charge on any atom is -0.298 e. The van der Waals surface area contributed by atoms with E-state index >= 15 is 0 Å². The van der Waals surface area contributed by atoms with E-state index in [1.807, 2.05) is 0 Å². The SMILES string of the molecule is O=C1C(C(=O)C(F)(F)F)CCCC1C(=O)C(F)(F)F. The Labute approximate surface area is 102 Å². The van der Waals surface area contributed by atoms with Crippen LogP contribution >= 0.6 is 0 Å². The molecular weight excluding hydrogens is 282 g/mol. The Morgan fingerprint density at radius 2 is 1.16 bits per heavy atom. The zero-order valence-electron chi connectivity index (χ0n) is 9.27. The zero-order chi connectivity index (χ0) is 15.0. The van der Waals surface area contributed by atoms with Crippen molar-refractivity contribution >= 4 is 17.3 Å². The first kappa shape index (κ1) is 15.6. The zero-order valence-corrected chi connectivity index (χ0v) is 9.27. The van der Waals surface area contributed by atoms with E-state index in [0.29, 0.717) is 0 Å². The Balaban J connectivity index is 2.95. The normalized spacial score (nSPS) is 25.3. The summed E-state index contributed by atoms with van der Waals surface area (Å²) in [5.41, 5.74) is 0. The highest BCUT2D eigenvalue weighted by molar-refractivity contribution is 6.14. The highest BCUT2D eigenvalue weighted by Crippen LogP contribution is 2.35. The monoisotopic (exact) mass is 290 g/mol. The third kappa shape index (κ3) is 3.32. The van der Waals surface area contributed by atoms with Crippen molar-refractivity contribution in [1.82, 2.24) is 0 Å². The molecule has 0 heterocycles. The van der Waals surface area contributed by atoms with E-state index in [-0.39, 0.29) is 6.42 Å². The largest absolute Gasteiger partial charge is 0.450 e. The fourth-order valence-corrected chi connectivity index (χ4v) is 1.97. The van der Waals surface area contributed by atoms with Crippen LogP contribution in [0.1, 0.15) is 19.3 Å². The Morgan fingerprint density at radius 3 is 1.42 bits per heavy atom. The summed E-state index contributed by atoms with van der Waals surface area (Å²) in [7, 11) is 0. The lowest BCUT2D eigenvalue weighted by Crippen LogP contribution is -2.45. The summed E-state index contributed by atoms with van der Waals surface area (Å²) in [5.74, 6) is -10.8. The smallest absolute Gasteiger partial charge is 0.298 e. The molecule has 0 spiro atoms. The van der Waals surface area contributed by atoms with E-state index in [1.165, 1.54) is 0 Å². The average molecular weight is 290 g/mol. The van der Waals surface area contributed by atoms with Crippen molar-refractivity contribution in [2.24, 2.45) is 11.8 Å². The second-order valence-electron chi connectivity index (χ2n) is 4.16. The lowest BCUT2D eigenvalue weighted by Gasteiger charge is -2.26. The summed E-state index contributed by atoms with van der Waals surface area (Å²) < 4.78 is 73.0. The van der Waals surface area contributed by atoms with Crippen LogP contribution in [0.15, 0.2) is 0 Å². The molecule has 2 unspecified atom stereocenters. The second-order valence-corrected chi connectivity index (χ2v) is 4.16. The summed E-state index contributed by atoms with van der Waals surface area (Å²) in [5, 5.41) is 0. The molecule has 0 N–H and O–H groups in total. The fourth-order valence-electron chi connectivity index (χ4n) is 1.97. The summed E-state index contributed by atoms with van der Waals surface area (Å²) in [6, 6.07) is 0. The first-order chi connectivity index (χ1) is 8.46. The summed E-state index contributed by atoms with van der Waals surface area (Å²) in [6.45, 7) is 0. The number of carbonyl (C=O) groups is 3. The van der Waals surface area contributed by atoms with Crippen LogP contribution in [0, 0.1) is 11.8 Å². The fraction of sp³-hybridized carbons (Fsp3) is 0.700. The van der Waals surface area contributed by atoms with Gasteiger partial charge in [-0.2, -0.15) is 26.3 Å². The highest BCUT2D eigenvalue weighted by atomic mass is 19.4. The molecule has 0 saturated heterocycles. The number of ketones is 3. The molecule has 19 heavy (non-hydrogen) atoms. The molecule has 1 fully saturated rings. The van der Waals surface area contributed by atoms with Crippen molar-refractivity contribution in [3.05, 3.63) is 0 Å². The molecule has 0 aromatic heterocycles. The Hall–Kier alpha value is -1.41. The summed E-state index contributed by atoms with van der Waals surface area (Å²) >= 11 is 0. The standard InChI is InChI=1S/C10H8F6O3/c11-9(12,13)7(18)4-2-1-3-5(6(4)17)8(19)10(14,15)16/h4-5H,1-3H2. The van der Waals surface area contributed by atoms with Gasteiger partial charge < -0.3 is 0 Å². The van der Waals surface area contributed by atoms with Gasteiger partial charge in [0, 0.05) is 0 Å². The minimum absolute atomic E-state index is 0.218. The predicted molar refractivity (Wildman–Crippen MR) is 48.0 cm³/mol. The first-order valence-electron chi connectivity index (χ1n) is 5.22. The van der Waals surface area contributed by atoms with Crippen molar-refractivity contribution in [1.29, 1.82) is 0 Å². The van der Waals surface area contributed by atoms with Crippen molar-refractivity contribution in [3.63, 3.8) is 0 Å². The summed E-state index contributed by atoms with van der Waals surface area (Å²) in [6.07, 6.45) is -11.8. The Kier molecular flexibility index (Phi) is 4.06. The quantitative estimate of drug-likeness (QED) is 0.579. The van der Waals surface area contributed by atoms with Gasteiger partial charge in [0.25, 0.3) is 0 Å². The average Bonchev–Trinajstić information content (AvgIpc) is 2.25. The highest BCUT2D eigenvalue weighted by Gasteiger charge is 2.53. The van der Waals surface area contributed by atoms with Gasteiger partial charge in [-0.3, -0.25) is 14.4 Å². The molecule has 1 aliphatic carbocycles. The molecule has 1 saturated carbocycles. The number of carbonyl (C=O) groups excluding carboxylic acids is 3. The van der Waals surface area contributed by atoms with Crippen LogP contribution in [0.4, 0.5) is 26.3 Å². The number of halogens is 6. The first-order valence-corrected chi connectivity index (χ1v) is 5.22. The number of hydrogen-bond acceptors (Lipinski definition) is 3. The molecule has 108 valence electrons. The van der Waals surface area contributed by atoms with Gasteiger partial charge in [0.1, 0.15) is 0 Å². The number of rotatable bonds is 2. The van der Waals surface area contributed by atoms with Crippen LogP contribution in [0.5, 0.6) is 0 Å². The lowest BCUT2D eigenvalue weighted by atomic mass is 9.76. The van der Waals surface area contributed by atoms with Gasteiger partial charge in [0.05, 0.1) is 11.8 Å². The van der Waals surface area contributed by atoms with Gasteiger partial charge in [-0.15, -0.1) is 0 Å². The molecule has 0 aromatic rings. The van der Waals surface area contributed by atoms with Crippen LogP contribution in [0.25, 0.3) is 0 Å². The van der Waals surface area contributed by atoms with Gasteiger partial charge >= 0.3 is 12.4 Å². The third-order valence-corrected chi connectivity index (χ3v) is 2.86. The third-order valence-electron chi connectivity index (χ3n) is 2.86. The van der Waals surface area contributed by atoms with Crippen molar-refractivity contribution in [3.8, 4) is 0 Å². The molecule has 0 radical (unpaired) electrons. The van der Waals surface area contributed by atoms with E-state index in [9.17, 15) is 40.7 Å². The van der Waals surface area contributed by atoms with Crippen LogP contribution < -0.4 is 0 Å². The number of hydrogen-bond donors (Lipinski definition) is 0. The Morgan fingerprint density at radius 1 is 0.842 bits per heavy atom. The van der Waals surface area contributed by atoms with Gasteiger partial charge in [0.2, 0.25) is 11.6 Å². The van der Waals surface area contributed by atoms with E-state index in [4.69, 9.17) is 0 Å². The van der Waals surface area contributed by atoms with E-state index in [0.717, 1.165) is 0 Å². The van der Waals surface area contributed by atoms with Gasteiger partial charge in [-0.25, -0.2) is 0 Å². The maximum atomic E-state index is 12.2. The van der Waals surface area contributed by atoms with Gasteiger partial charge in [0.15, 0.2) is 5.78 Å². The lowest BCUT2D eigenvalue weighted by molar-refractivity contribution is -0.183. The van der Waals surface area contributed by atoms with Crippen LogP contribution in [-0.2, 0) is 14.4 Å². The summed E-state index contributed by atoms with van der Waals surface area (Å²) in [4.78, 5) is 33.3. The van der Waals surface area contributed by atoms with E-state index in [2.05, 4.69) is 0 Å². The van der Waals surface area contributed by atoms with Gasteiger partial charge in [-0.1, -0.05) is 6.42 Å². The van der Waals surface area contributed by atoms with Crippen molar-refractivity contribution in [2.75, 3.05) is 0 Å². The molecule has 3 nitrogen and oxygen atoms in total. The molecule has 2 atom stereocenters. The van der Waals surface area contributed by atoms with Gasteiger partial charge in [-0.05, 0) is 12.8 Å². The van der Waals surface area contributed by atoms with E-state index < -0.39 is 54.4 Å². The predicted octanol–water partition coefficient (Wildman–Crippen LogP) is 2.23. The minimum atomic E-state index is -5.30. The second kappa shape index (κ2) is 4.93. The van der Waals surface area contributed by atoms with Crippen molar-refractivity contribution in [2.45, 2.75) is 31.6 Å². The van der Waals surface area contributed by atoms with Crippen LogP contribution in [0.2, 0.25) is 0 Å². The molecule has 0 amide bonds. The molecule has 0 aromatic carbocycles. The van der Waals surface area contributed by atoms with Crippen LogP contribution in [-0.4, -0.2) is 29.7 Å². The molecule has 0 aliphatic heterocycles. The maximum absolute atomic E-state index is 12.2. The Bertz CT molecular complexity index is 372. The number of alkyl halides is 6. The topological polar surface area (TPSA) is 51.2 Å². The number of Topliss-reactive ketones (excluding diaryl/α,β-unsaturated/α-hetero) is 3. The molecular formula is C10H8F6O3. The maximum Gasteiger partial charge on any atom is 0.450 e. The molecule has 1 aliphatic rings.